The van der Waals surface area contributed by atoms with Crippen LogP contribution in [0.1, 0.15) is 137 Å². The quantitative estimate of drug-likeness (QED) is 0.0293. The number of hydrogen-bond donors (Lipinski definition) is 6. The standard InChI is InChI=1S/C29H33NO2.C28H31NO2.C27H29NO2/c1-21(2)30-19-26(20-30)22-10-12-24(13-11-22)29(25-14-16-27(32)17-15-25)28(9-6-18-31)23-7-4-3-5-8-23;1-29(2)19-25(20-29)21-10-12-23(13-11-21)28(24-14-16-26(31)17-15-24)27(9-6-18-30)22-7-4-3-5-8-22;1-28-18-24(19-28)20-9-11-22(12-10-20)27(23-13-15-25(30)16-14-23)26(8-5-17-29)21-6-3-2-4-7-21/h3-5,7-8,10-17,21,26,31-32H,6,9,18-20H2,1-2H3;3-5,7-8,10-17,25,30H,6,9,18-20H2,1-2H3;2-4,6-7,9-16,24,29-30H,5,8,17-19H2,1H3/p+1/b29-28+;28-27+;27-26+. The second-order valence-electron chi connectivity index (χ2n) is 26.3. The predicted molar refractivity (Wildman–Crippen MR) is 384 cm³/mol. The van der Waals surface area contributed by atoms with Gasteiger partial charge in [0.05, 0.1) is 33.1 Å². The number of aromatic hydroxyl groups is 3. The predicted octanol–water partition coefficient (Wildman–Crippen LogP) is 16.4. The number of benzene rings is 9. The topological polar surface area (TPSA) is 128 Å². The van der Waals surface area contributed by atoms with Gasteiger partial charge >= 0.3 is 0 Å². The lowest BCUT2D eigenvalue weighted by Crippen LogP contribution is -2.56. The normalized spacial score (nSPS) is 15.8. The molecular formula is C84H94N3O6+. The van der Waals surface area contributed by atoms with Crippen LogP contribution in [0.3, 0.4) is 0 Å². The molecule has 12 rings (SSSR count). The van der Waals surface area contributed by atoms with Crippen LogP contribution < -0.4 is 0 Å². The monoisotopic (exact) mass is 1240 g/mol. The number of phenolic OH excluding ortho intramolecular Hbond substituents is 3. The van der Waals surface area contributed by atoms with Crippen molar-refractivity contribution >= 4 is 33.4 Å². The zero-order valence-electron chi connectivity index (χ0n) is 55.0. The molecule has 6 N–H and O–H groups in total. The third-order valence-corrected chi connectivity index (χ3v) is 18.6. The number of quaternary nitrogens is 1. The van der Waals surface area contributed by atoms with Gasteiger partial charge in [0.1, 0.15) is 17.2 Å². The van der Waals surface area contributed by atoms with Gasteiger partial charge in [-0.2, -0.15) is 0 Å². The molecule has 0 saturated carbocycles. The van der Waals surface area contributed by atoms with Crippen molar-refractivity contribution in [3.8, 4) is 17.2 Å². The fourth-order valence-corrected chi connectivity index (χ4v) is 13.5. The van der Waals surface area contributed by atoms with Gasteiger partial charge in [-0.1, -0.05) is 200 Å². The molecule has 0 bridgehead atoms. The van der Waals surface area contributed by atoms with Gasteiger partial charge in [0.15, 0.2) is 0 Å². The second-order valence-corrected chi connectivity index (χ2v) is 26.3. The van der Waals surface area contributed by atoms with E-state index in [2.05, 4.69) is 190 Å². The van der Waals surface area contributed by atoms with E-state index in [4.69, 9.17) is 0 Å². The highest BCUT2D eigenvalue weighted by atomic mass is 16.3. The van der Waals surface area contributed by atoms with Crippen molar-refractivity contribution in [1.82, 2.24) is 9.80 Å². The molecule has 0 unspecified atom stereocenters. The SMILES string of the molecule is CC(C)N1CC(c2ccc(/C(=C(/CCCO)c3ccccc3)c3ccc(O)cc3)cc2)C1.CN1CC(c2ccc(/C(=C(/CCCO)c3ccccc3)c3ccc(O)cc3)cc2)C1.C[N+]1(C)CC(c2ccc(/C(=C(/CCCO)c3ccccc3)c3ccc(O)cc3)cc2)C1. The molecule has 480 valence electrons. The van der Waals surface area contributed by atoms with E-state index < -0.39 is 0 Å². The molecule has 3 heterocycles. The second kappa shape index (κ2) is 32.3. The van der Waals surface area contributed by atoms with Crippen molar-refractivity contribution in [1.29, 1.82) is 0 Å². The molecule has 3 fully saturated rings. The highest BCUT2D eigenvalue weighted by Gasteiger charge is 2.37. The van der Waals surface area contributed by atoms with Crippen molar-refractivity contribution < 1.29 is 35.1 Å². The van der Waals surface area contributed by atoms with Crippen LogP contribution in [0.25, 0.3) is 33.4 Å². The van der Waals surface area contributed by atoms with Gasteiger partial charge in [0.2, 0.25) is 0 Å². The largest absolute Gasteiger partial charge is 0.508 e. The molecular weight excluding hydrogens is 1150 g/mol. The van der Waals surface area contributed by atoms with Crippen LogP contribution in [0.15, 0.2) is 237 Å². The van der Waals surface area contributed by atoms with E-state index in [0.29, 0.717) is 43.1 Å². The molecule has 3 aliphatic heterocycles. The molecule has 3 aliphatic rings. The van der Waals surface area contributed by atoms with E-state index in [0.717, 1.165) is 94.5 Å². The Morgan fingerprint density at radius 1 is 0.355 bits per heavy atom. The van der Waals surface area contributed by atoms with E-state index in [1.54, 1.807) is 36.4 Å². The van der Waals surface area contributed by atoms with E-state index in [-0.39, 0.29) is 37.1 Å². The minimum Gasteiger partial charge on any atom is -0.508 e. The average molecular weight is 1240 g/mol. The van der Waals surface area contributed by atoms with Gasteiger partial charge in [-0.3, -0.25) is 4.90 Å². The summed E-state index contributed by atoms with van der Waals surface area (Å²) < 4.78 is 1.09. The van der Waals surface area contributed by atoms with E-state index in [1.165, 1.54) is 68.8 Å². The molecule has 93 heavy (non-hydrogen) atoms. The number of nitrogens with zero attached hydrogens (tertiary/aromatic N) is 3. The Morgan fingerprint density at radius 2 is 0.613 bits per heavy atom. The van der Waals surface area contributed by atoms with Gasteiger partial charge in [-0.25, -0.2) is 0 Å². The third kappa shape index (κ3) is 17.5. The van der Waals surface area contributed by atoms with Gasteiger partial charge in [0, 0.05) is 63.9 Å². The van der Waals surface area contributed by atoms with Crippen molar-refractivity contribution in [2.75, 3.05) is 80.2 Å². The summed E-state index contributed by atoms with van der Waals surface area (Å²) in [5.41, 5.74) is 21.5. The van der Waals surface area contributed by atoms with Crippen LogP contribution in [0.5, 0.6) is 17.2 Å². The summed E-state index contributed by atoms with van der Waals surface area (Å²) in [6.45, 7) is 11.9. The maximum atomic E-state index is 9.84. The minimum absolute atomic E-state index is 0.159. The first-order valence-corrected chi connectivity index (χ1v) is 33.3. The molecule has 0 aromatic heterocycles. The van der Waals surface area contributed by atoms with Crippen LogP contribution in [-0.2, 0) is 0 Å². The molecule has 0 spiro atoms. The zero-order valence-corrected chi connectivity index (χ0v) is 55.0. The van der Waals surface area contributed by atoms with Gasteiger partial charge in [-0.15, -0.1) is 0 Å². The first kappa shape index (κ1) is 67.3. The summed E-state index contributed by atoms with van der Waals surface area (Å²) in [5, 5.41) is 58.1. The number of rotatable bonds is 22. The number of hydrogen-bond acceptors (Lipinski definition) is 8. The maximum absolute atomic E-state index is 9.84. The smallest absolute Gasteiger partial charge is 0.115 e. The van der Waals surface area contributed by atoms with E-state index >= 15 is 0 Å². The Kier molecular flexibility index (Phi) is 23.3. The summed E-state index contributed by atoms with van der Waals surface area (Å²) >= 11 is 0. The van der Waals surface area contributed by atoms with Crippen molar-refractivity contribution in [3.63, 3.8) is 0 Å². The summed E-state index contributed by atoms with van der Waals surface area (Å²) in [6, 6.07) is 81.1. The highest BCUT2D eigenvalue weighted by molar-refractivity contribution is 6.01. The number of aliphatic hydroxyl groups excluding tert-OH is 3. The Bertz CT molecular complexity index is 3860. The first-order chi connectivity index (χ1) is 45.2. The van der Waals surface area contributed by atoms with Crippen LogP contribution in [0.4, 0.5) is 0 Å². The number of phenols is 3. The molecule has 0 amide bonds. The molecule has 0 aliphatic carbocycles. The van der Waals surface area contributed by atoms with E-state index in [9.17, 15) is 30.6 Å². The van der Waals surface area contributed by atoms with Gasteiger partial charge < -0.3 is 40.0 Å². The summed E-state index contributed by atoms with van der Waals surface area (Å²) in [5.74, 6) is 2.65. The third-order valence-electron chi connectivity index (χ3n) is 18.6. The molecule has 9 heteroatoms. The fourth-order valence-electron chi connectivity index (χ4n) is 13.5. The lowest BCUT2D eigenvalue weighted by atomic mass is 9.85. The van der Waals surface area contributed by atoms with Crippen LogP contribution in [0.2, 0.25) is 0 Å². The van der Waals surface area contributed by atoms with Gasteiger partial charge in [-0.05, 0) is 196 Å². The molecule has 3 saturated heterocycles. The van der Waals surface area contributed by atoms with Crippen molar-refractivity contribution in [2.45, 2.75) is 76.2 Å². The fraction of sp³-hybridized carbons (Fsp3) is 0.286. The van der Waals surface area contributed by atoms with Crippen LogP contribution >= 0.6 is 0 Å². The number of likely N-dealkylation sites (N-methyl/N-ethyl adjacent to an activating group) is 2. The minimum atomic E-state index is 0.159. The Balaban J connectivity index is 0.000000153. The van der Waals surface area contributed by atoms with E-state index in [1.807, 2.05) is 54.6 Å². The molecule has 0 atom stereocenters. The summed E-state index contributed by atoms with van der Waals surface area (Å²) in [6.07, 6.45) is 4.47. The van der Waals surface area contributed by atoms with Gasteiger partial charge in [0.25, 0.3) is 0 Å². The number of likely N-dealkylation sites (tertiary alicyclic amines) is 3. The lowest BCUT2D eigenvalue weighted by Gasteiger charge is -2.44. The summed E-state index contributed by atoms with van der Waals surface area (Å²) in [4.78, 5) is 4.84. The average Bonchev–Trinajstić information content (AvgIpc) is 0.864. The maximum Gasteiger partial charge on any atom is 0.115 e. The molecule has 9 aromatic carbocycles. The zero-order chi connectivity index (χ0) is 65.3. The lowest BCUT2D eigenvalue weighted by molar-refractivity contribution is -0.932. The Morgan fingerprint density at radius 3 is 0.860 bits per heavy atom. The van der Waals surface area contributed by atoms with Crippen molar-refractivity contribution in [3.05, 3.63) is 303 Å². The molecule has 9 aromatic rings. The Labute approximate surface area is 552 Å². The number of aliphatic hydroxyl groups is 3. The van der Waals surface area contributed by atoms with Crippen LogP contribution in [-0.4, -0.2) is 131 Å². The Hall–Kier alpha value is -8.64. The highest BCUT2D eigenvalue weighted by Crippen LogP contribution is 2.41. The first-order valence-electron chi connectivity index (χ1n) is 33.3. The number of allylic oxidation sites excluding steroid dienone is 3. The molecule has 9 nitrogen and oxygen atoms in total. The summed E-state index contributed by atoms with van der Waals surface area (Å²) in [7, 11) is 6.72. The molecule has 0 radical (unpaired) electrons. The van der Waals surface area contributed by atoms with Crippen molar-refractivity contribution in [2.24, 2.45) is 0 Å². The van der Waals surface area contributed by atoms with Crippen LogP contribution in [0, 0.1) is 0 Å².